The number of carbonyl (C=O) groups is 1. The molecule has 0 saturated carbocycles. The van der Waals surface area contributed by atoms with Crippen LogP contribution in [0.4, 0.5) is 5.69 Å². The lowest BCUT2D eigenvalue weighted by Gasteiger charge is -2.10. The van der Waals surface area contributed by atoms with Crippen LogP contribution in [-0.4, -0.2) is 28.2 Å². The third kappa shape index (κ3) is 2.53. The van der Waals surface area contributed by atoms with Crippen LogP contribution in [0, 0.1) is 0 Å². The highest BCUT2D eigenvalue weighted by atomic mass is 16.5. The molecule has 0 aliphatic carbocycles. The lowest BCUT2D eigenvalue weighted by Crippen LogP contribution is -2.13. The van der Waals surface area contributed by atoms with E-state index >= 15 is 0 Å². The first-order valence-electron chi connectivity index (χ1n) is 5.45. The van der Waals surface area contributed by atoms with E-state index in [9.17, 15) is 9.59 Å². The Hall–Kier alpha value is -3.03. The second-order valence-electron chi connectivity index (χ2n) is 3.72. The average molecular weight is 277 g/mol. The predicted octanol–water partition coefficient (Wildman–Crippen LogP) is 0.851. The number of hydrogen-bond donors (Lipinski definition) is 3. The van der Waals surface area contributed by atoms with Crippen molar-refractivity contribution in [2.45, 2.75) is 0 Å². The van der Waals surface area contributed by atoms with Gasteiger partial charge >= 0.3 is 5.97 Å². The Morgan fingerprint density at radius 3 is 2.85 bits per heavy atom. The normalized spacial score (nSPS) is 10.1. The number of hydrogen-bond acceptors (Lipinski definition) is 6. The van der Waals surface area contributed by atoms with E-state index in [2.05, 4.69) is 9.97 Å². The standard InChI is InChI=1S/C12H11N3O5/c1-19-6-2-3-7(12(17)18)8(4-6)20-11-9(13)10(16)14-5-15-11/h2-5H,13H2,1H3,(H,17,18)(H,14,15,16). The molecular formula is C12H11N3O5. The molecule has 0 atom stereocenters. The van der Waals surface area contributed by atoms with Crippen LogP contribution in [0.15, 0.2) is 29.3 Å². The number of carboxylic acid groups (broad SMARTS) is 1. The van der Waals surface area contributed by atoms with Crippen molar-refractivity contribution in [1.29, 1.82) is 0 Å². The van der Waals surface area contributed by atoms with Gasteiger partial charge in [-0.3, -0.25) is 4.79 Å². The fourth-order valence-electron chi connectivity index (χ4n) is 1.47. The van der Waals surface area contributed by atoms with Crippen LogP contribution in [0.3, 0.4) is 0 Å². The Balaban J connectivity index is 2.48. The van der Waals surface area contributed by atoms with Gasteiger partial charge in [0.25, 0.3) is 5.56 Å². The SMILES string of the molecule is COc1ccc(C(=O)O)c(Oc2nc[nH]c(=O)c2N)c1. The summed E-state index contributed by atoms with van der Waals surface area (Å²) in [7, 11) is 1.43. The number of rotatable bonds is 4. The molecule has 0 unspecified atom stereocenters. The van der Waals surface area contributed by atoms with Crippen molar-refractivity contribution in [1.82, 2.24) is 9.97 Å². The molecule has 0 bridgehead atoms. The molecule has 8 nitrogen and oxygen atoms in total. The first kappa shape index (κ1) is 13.4. The molecule has 0 spiro atoms. The van der Waals surface area contributed by atoms with Gasteiger partial charge in [0.2, 0.25) is 5.88 Å². The molecule has 1 heterocycles. The highest BCUT2D eigenvalue weighted by Crippen LogP contribution is 2.29. The Kier molecular flexibility index (Phi) is 3.56. The van der Waals surface area contributed by atoms with Gasteiger partial charge in [0, 0.05) is 6.07 Å². The summed E-state index contributed by atoms with van der Waals surface area (Å²) in [5.41, 5.74) is 4.59. The molecule has 0 amide bonds. The van der Waals surface area contributed by atoms with Crippen LogP contribution in [0.5, 0.6) is 17.4 Å². The highest BCUT2D eigenvalue weighted by molar-refractivity contribution is 5.91. The molecule has 1 aromatic heterocycles. The largest absolute Gasteiger partial charge is 0.497 e. The van der Waals surface area contributed by atoms with Crippen molar-refractivity contribution < 1.29 is 19.4 Å². The third-order valence-corrected chi connectivity index (χ3v) is 2.48. The van der Waals surface area contributed by atoms with Gasteiger partial charge < -0.3 is 25.3 Å². The smallest absolute Gasteiger partial charge is 0.339 e. The van der Waals surface area contributed by atoms with Crippen LogP contribution in [0.2, 0.25) is 0 Å². The second kappa shape index (κ2) is 5.31. The minimum atomic E-state index is -1.19. The molecule has 4 N–H and O–H groups in total. The summed E-state index contributed by atoms with van der Waals surface area (Å²) in [6.45, 7) is 0. The van der Waals surface area contributed by atoms with Crippen molar-refractivity contribution in [3.63, 3.8) is 0 Å². The van der Waals surface area contributed by atoms with E-state index in [1.807, 2.05) is 0 Å². The molecule has 1 aromatic carbocycles. The number of anilines is 1. The summed E-state index contributed by atoms with van der Waals surface area (Å²) in [4.78, 5) is 28.5. The zero-order chi connectivity index (χ0) is 14.7. The second-order valence-corrected chi connectivity index (χ2v) is 3.72. The number of nitrogen functional groups attached to an aromatic ring is 1. The van der Waals surface area contributed by atoms with E-state index < -0.39 is 11.5 Å². The number of methoxy groups -OCH3 is 1. The van der Waals surface area contributed by atoms with E-state index in [-0.39, 0.29) is 22.9 Å². The number of nitrogens with zero attached hydrogens (tertiary/aromatic N) is 1. The van der Waals surface area contributed by atoms with Gasteiger partial charge in [-0.05, 0) is 12.1 Å². The molecule has 0 radical (unpaired) electrons. The predicted molar refractivity (Wildman–Crippen MR) is 69.3 cm³/mol. The lowest BCUT2D eigenvalue weighted by atomic mass is 10.2. The Bertz CT molecular complexity index is 710. The number of aromatic carboxylic acids is 1. The van der Waals surface area contributed by atoms with Crippen molar-refractivity contribution in [2.75, 3.05) is 12.8 Å². The number of carboxylic acids is 1. The Morgan fingerprint density at radius 1 is 1.45 bits per heavy atom. The summed E-state index contributed by atoms with van der Waals surface area (Å²) in [6, 6.07) is 4.16. The fourth-order valence-corrected chi connectivity index (χ4v) is 1.47. The van der Waals surface area contributed by atoms with Crippen molar-refractivity contribution in [2.24, 2.45) is 0 Å². The van der Waals surface area contributed by atoms with Crippen LogP contribution in [0.25, 0.3) is 0 Å². The van der Waals surface area contributed by atoms with Crippen LogP contribution < -0.4 is 20.8 Å². The molecule has 0 fully saturated rings. The van der Waals surface area contributed by atoms with Gasteiger partial charge in [-0.15, -0.1) is 0 Å². The third-order valence-electron chi connectivity index (χ3n) is 2.48. The number of aromatic amines is 1. The topological polar surface area (TPSA) is 128 Å². The molecule has 0 aliphatic heterocycles. The van der Waals surface area contributed by atoms with E-state index in [0.717, 1.165) is 6.33 Å². The maximum atomic E-state index is 11.3. The fraction of sp³-hybridized carbons (Fsp3) is 0.0833. The first-order valence-corrected chi connectivity index (χ1v) is 5.45. The molecular weight excluding hydrogens is 266 g/mol. The first-order chi connectivity index (χ1) is 9.52. The van der Waals surface area contributed by atoms with Gasteiger partial charge in [0.1, 0.15) is 17.1 Å². The summed E-state index contributed by atoms with van der Waals surface area (Å²) in [5, 5.41) is 9.09. The highest BCUT2D eigenvalue weighted by Gasteiger charge is 2.16. The minimum Gasteiger partial charge on any atom is -0.497 e. The van der Waals surface area contributed by atoms with Gasteiger partial charge in [-0.1, -0.05) is 0 Å². The van der Waals surface area contributed by atoms with E-state index in [4.69, 9.17) is 20.3 Å². The van der Waals surface area contributed by atoms with Crippen molar-refractivity contribution in [3.05, 3.63) is 40.4 Å². The summed E-state index contributed by atoms with van der Waals surface area (Å²) < 4.78 is 10.3. The van der Waals surface area contributed by atoms with Crippen molar-refractivity contribution in [3.8, 4) is 17.4 Å². The summed E-state index contributed by atoms with van der Waals surface area (Å²) in [6.07, 6.45) is 1.11. The van der Waals surface area contributed by atoms with Crippen molar-refractivity contribution >= 4 is 11.7 Å². The number of H-pyrrole nitrogens is 1. The maximum absolute atomic E-state index is 11.3. The molecule has 104 valence electrons. The van der Waals surface area contributed by atoms with Crippen LogP contribution in [-0.2, 0) is 0 Å². The Labute approximate surface area is 112 Å². The Morgan fingerprint density at radius 2 is 2.20 bits per heavy atom. The average Bonchev–Trinajstić information content (AvgIpc) is 2.43. The van der Waals surface area contributed by atoms with Gasteiger partial charge in [-0.25, -0.2) is 9.78 Å². The zero-order valence-electron chi connectivity index (χ0n) is 10.4. The van der Waals surface area contributed by atoms with Crippen LogP contribution in [0.1, 0.15) is 10.4 Å². The molecule has 20 heavy (non-hydrogen) atoms. The minimum absolute atomic E-state index is 0.0262. The quantitative estimate of drug-likeness (QED) is 0.755. The zero-order valence-corrected chi connectivity index (χ0v) is 10.4. The van der Waals surface area contributed by atoms with Gasteiger partial charge in [0.05, 0.1) is 13.4 Å². The number of nitrogens with one attached hydrogen (secondary N) is 1. The molecule has 2 aromatic rings. The molecule has 8 heteroatoms. The number of nitrogens with two attached hydrogens (primary N) is 1. The van der Waals surface area contributed by atoms with Crippen LogP contribution >= 0.6 is 0 Å². The van der Waals surface area contributed by atoms with Gasteiger partial charge in [-0.2, -0.15) is 0 Å². The molecule has 2 rings (SSSR count). The maximum Gasteiger partial charge on any atom is 0.339 e. The summed E-state index contributed by atoms with van der Waals surface area (Å²) >= 11 is 0. The monoisotopic (exact) mass is 277 g/mol. The lowest BCUT2D eigenvalue weighted by molar-refractivity contribution is 0.0694. The number of aromatic nitrogens is 2. The van der Waals surface area contributed by atoms with Gasteiger partial charge in [0.15, 0.2) is 5.69 Å². The van der Waals surface area contributed by atoms with E-state index in [1.165, 1.54) is 25.3 Å². The van der Waals surface area contributed by atoms with E-state index in [0.29, 0.717) is 5.75 Å². The molecule has 0 aliphatic rings. The summed E-state index contributed by atoms with van der Waals surface area (Å²) in [5.74, 6) is -0.995. The number of benzene rings is 1. The van der Waals surface area contributed by atoms with E-state index in [1.54, 1.807) is 0 Å². The number of ether oxygens (including phenoxy) is 2. The molecule has 0 saturated heterocycles.